The largest absolute Gasteiger partial charge is 0.342 e. The van der Waals surface area contributed by atoms with Gasteiger partial charge in [0.2, 0.25) is 5.91 Å². The summed E-state index contributed by atoms with van der Waals surface area (Å²) in [6.07, 6.45) is 7.18. The number of piperidine rings is 2. The first-order valence-electron chi connectivity index (χ1n) is 9.59. The number of hydrogen-bond acceptors (Lipinski definition) is 4. The van der Waals surface area contributed by atoms with Crippen LogP contribution in [-0.4, -0.2) is 57.8 Å². The number of carbonyl (C=O) groups is 2. The summed E-state index contributed by atoms with van der Waals surface area (Å²) in [5, 5.41) is 0. The molecule has 0 bridgehead atoms. The molecular weight excluding hydrogens is 332 g/mol. The van der Waals surface area contributed by atoms with E-state index in [0.717, 1.165) is 32.4 Å². The van der Waals surface area contributed by atoms with Gasteiger partial charge in [-0.1, -0.05) is 0 Å². The van der Waals surface area contributed by atoms with Crippen molar-refractivity contribution in [2.45, 2.75) is 45.4 Å². The standard InChI is InChI=1S/C19H26N4O3/c1-13-20-9-15(17(25)21-13)18(26)22-8-2-6-19(11-22)7-5-16(24)23(12-19)10-14-3-4-14/h9,14H,2-8,10-12H2,1H3,(H,20,21,25)/t19-/m1/s1. The van der Waals surface area contributed by atoms with Crippen molar-refractivity contribution >= 4 is 11.8 Å². The Balaban J connectivity index is 1.50. The van der Waals surface area contributed by atoms with Crippen LogP contribution in [0.4, 0.5) is 0 Å². The van der Waals surface area contributed by atoms with Crippen LogP contribution < -0.4 is 5.56 Å². The molecule has 0 radical (unpaired) electrons. The van der Waals surface area contributed by atoms with E-state index in [9.17, 15) is 14.4 Å². The molecule has 3 fully saturated rings. The van der Waals surface area contributed by atoms with E-state index in [2.05, 4.69) is 9.97 Å². The molecule has 4 rings (SSSR count). The van der Waals surface area contributed by atoms with Gasteiger partial charge in [-0.2, -0.15) is 0 Å². The maximum atomic E-state index is 12.9. The number of hydrogen-bond donors (Lipinski definition) is 1. The molecule has 0 unspecified atom stereocenters. The third-order valence-corrected chi connectivity index (χ3v) is 6.03. The van der Waals surface area contributed by atoms with E-state index < -0.39 is 0 Å². The van der Waals surface area contributed by atoms with Crippen LogP contribution in [0.1, 0.15) is 54.7 Å². The molecule has 1 aromatic rings. The van der Waals surface area contributed by atoms with Gasteiger partial charge < -0.3 is 14.8 Å². The van der Waals surface area contributed by atoms with Crippen molar-refractivity contribution in [3.8, 4) is 0 Å². The summed E-state index contributed by atoms with van der Waals surface area (Å²) in [6.45, 7) is 4.59. The normalized spacial score (nSPS) is 26.4. The van der Waals surface area contributed by atoms with Crippen molar-refractivity contribution in [2.24, 2.45) is 11.3 Å². The van der Waals surface area contributed by atoms with Crippen LogP contribution in [0.5, 0.6) is 0 Å². The van der Waals surface area contributed by atoms with Crippen LogP contribution in [0.3, 0.4) is 0 Å². The molecule has 26 heavy (non-hydrogen) atoms. The van der Waals surface area contributed by atoms with Gasteiger partial charge in [-0.3, -0.25) is 14.4 Å². The van der Waals surface area contributed by atoms with E-state index in [1.165, 1.54) is 19.0 Å². The predicted octanol–water partition coefficient (Wildman–Crippen LogP) is 1.33. The Morgan fingerprint density at radius 1 is 1.31 bits per heavy atom. The first-order valence-corrected chi connectivity index (χ1v) is 9.59. The van der Waals surface area contributed by atoms with Gasteiger partial charge in [0.1, 0.15) is 11.4 Å². The summed E-state index contributed by atoms with van der Waals surface area (Å²) in [7, 11) is 0. The van der Waals surface area contributed by atoms with Crippen LogP contribution in [0.15, 0.2) is 11.0 Å². The summed E-state index contributed by atoms with van der Waals surface area (Å²) in [6, 6.07) is 0. The number of H-pyrrole nitrogens is 1. The minimum Gasteiger partial charge on any atom is -0.342 e. The highest BCUT2D eigenvalue weighted by atomic mass is 16.2. The number of likely N-dealkylation sites (tertiary alicyclic amines) is 2. The van der Waals surface area contributed by atoms with E-state index in [4.69, 9.17) is 0 Å². The van der Waals surface area contributed by atoms with Crippen molar-refractivity contribution in [1.29, 1.82) is 0 Å². The Kier molecular flexibility index (Phi) is 4.32. The average Bonchev–Trinajstić information content (AvgIpc) is 3.42. The number of aromatic amines is 1. The van der Waals surface area contributed by atoms with E-state index in [1.54, 1.807) is 11.8 Å². The quantitative estimate of drug-likeness (QED) is 0.883. The third-order valence-electron chi connectivity index (χ3n) is 6.03. The molecule has 140 valence electrons. The molecule has 2 aliphatic heterocycles. The highest BCUT2D eigenvalue weighted by molar-refractivity contribution is 5.93. The summed E-state index contributed by atoms with van der Waals surface area (Å²) in [5.41, 5.74) is -0.299. The molecule has 1 N–H and O–H groups in total. The summed E-state index contributed by atoms with van der Waals surface area (Å²) in [4.78, 5) is 47.8. The molecule has 7 heteroatoms. The Morgan fingerprint density at radius 3 is 2.85 bits per heavy atom. The van der Waals surface area contributed by atoms with Crippen molar-refractivity contribution in [2.75, 3.05) is 26.2 Å². The number of nitrogens with one attached hydrogen (secondary N) is 1. The fourth-order valence-electron chi connectivity index (χ4n) is 4.40. The molecule has 0 aromatic carbocycles. The Bertz CT molecular complexity index is 785. The Hall–Kier alpha value is -2.18. The second-order valence-electron chi connectivity index (χ2n) is 8.26. The highest BCUT2D eigenvalue weighted by Crippen LogP contribution is 2.40. The van der Waals surface area contributed by atoms with Crippen molar-refractivity contribution < 1.29 is 9.59 Å². The van der Waals surface area contributed by atoms with E-state index >= 15 is 0 Å². The second kappa shape index (κ2) is 6.52. The lowest BCUT2D eigenvalue weighted by molar-refractivity contribution is -0.139. The van der Waals surface area contributed by atoms with Gasteiger partial charge in [-0.05, 0) is 44.9 Å². The van der Waals surface area contributed by atoms with Gasteiger partial charge in [-0.15, -0.1) is 0 Å². The predicted molar refractivity (Wildman–Crippen MR) is 95.7 cm³/mol. The van der Waals surface area contributed by atoms with Crippen molar-refractivity contribution in [3.05, 3.63) is 27.9 Å². The van der Waals surface area contributed by atoms with Crippen molar-refractivity contribution in [1.82, 2.24) is 19.8 Å². The SMILES string of the molecule is Cc1ncc(C(=O)N2CCC[C@@]3(CCC(=O)N(CC4CC4)C3)C2)c(=O)[nH]1. The topological polar surface area (TPSA) is 86.4 Å². The number of carbonyl (C=O) groups excluding carboxylic acids is 2. The van der Waals surface area contributed by atoms with Gasteiger partial charge in [0.15, 0.2) is 0 Å². The fraction of sp³-hybridized carbons (Fsp3) is 0.684. The zero-order valence-electron chi connectivity index (χ0n) is 15.3. The van der Waals surface area contributed by atoms with Crippen LogP contribution >= 0.6 is 0 Å². The first-order chi connectivity index (χ1) is 12.5. The van der Waals surface area contributed by atoms with Crippen LogP contribution in [0.25, 0.3) is 0 Å². The summed E-state index contributed by atoms with van der Waals surface area (Å²) in [5.74, 6) is 1.18. The maximum Gasteiger partial charge on any atom is 0.263 e. The molecule has 1 spiro atoms. The lowest BCUT2D eigenvalue weighted by atomic mass is 9.73. The average molecular weight is 358 g/mol. The smallest absolute Gasteiger partial charge is 0.263 e. The highest BCUT2D eigenvalue weighted by Gasteiger charge is 2.44. The number of aryl methyl sites for hydroxylation is 1. The molecule has 2 amide bonds. The fourth-order valence-corrected chi connectivity index (χ4v) is 4.40. The summed E-state index contributed by atoms with van der Waals surface area (Å²) < 4.78 is 0. The zero-order chi connectivity index (χ0) is 18.3. The lowest BCUT2D eigenvalue weighted by Gasteiger charge is -2.48. The number of rotatable bonds is 3. The molecule has 3 heterocycles. The monoisotopic (exact) mass is 358 g/mol. The van der Waals surface area contributed by atoms with Crippen LogP contribution in [0, 0.1) is 18.3 Å². The molecule has 1 aromatic heterocycles. The molecule has 1 aliphatic carbocycles. The third kappa shape index (κ3) is 3.39. The van der Waals surface area contributed by atoms with E-state index in [1.807, 2.05) is 4.90 Å². The Morgan fingerprint density at radius 2 is 2.12 bits per heavy atom. The van der Waals surface area contributed by atoms with Crippen LogP contribution in [0.2, 0.25) is 0 Å². The van der Waals surface area contributed by atoms with Gasteiger partial charge >= 0.3 is 0 Å². The second-order valence-corrected chi connectivity index (χ2v) is 8.26. The summed E-state index contributed by atoms with van der Waals surface area (Å²) >= 11 is 0. The molecule has 1 atom stereocenters. The number of nitrogens with zero attached hydrogens (tertiary/aromatic N) is 3. The van der Waals surface area contributed by atoms with E-state index in [0.29, 0.717) is 31.3 Å². The molecular formula is C19H26N4O3. The lowest BCUT2D eigenvalue weighted by Crippen LogP contribution is -2.55. The van der Waals surface area contributed by atoms with Gasteiger partial charge in [-0.25, -0.2) is 4.98 Å². The molecule has 7 nitrogen and oxygen atoms in total. The molecule has 3 aliphatic rings. The minimum absolute atomic E-state index is 0.0262. The molecule has 2 saturated heterocycles. The number of amides is 2. The minimum atomic E-state index is -0.378. The first kappa shape index (κ1) is 17.2. The van der Waals surface area contributed by atoms with Gasteiger partial charge in [0.05, 0.1) is 0 Å². The number of aromatic nitrogens is 2. The van der Waals surface area contributed by atoms with E-state index in [-0.39, 0.29) is 28.4 Å². The van der Waals surface area contributed by atoms with Crippen molar-refractivity contribution in [3.63, 3.8) is 0 Å². The maximum absolute atomic E-state index is 12.9. The van der Waals surface area contributed by atoms with Crippen LogP contribution in [-0.2, 0) is 4.79 Å². The molecule has 1 saturated carbocycles. The Labute approximate surface area is 152 Å². The van der Waals surface area contributed by atoms with Gasteiger partial charge in [0, 0.05) is 44.2 Å². The zero-order valence-corrected chi connectivity index (χ0v) is 15.3. The van der Waals surface area contributed by atoms with Gasteiger partial charge in [0.25, 0.3) is 11.5 Å².